The Kier molecular flexibility index (Phi) is 3.27. The Labute approximate surface area is 115 Å². The van der Waals surface area contributed by atoms with Crippen molar-refractivity contribution < 1.29 is 9.47 Å². The Bertz CT molecular complexity index is 474. The quantitative estimate of drug-likeness (QED) is 0.888. The van der Waals surface area contributed by atoms with Crippen LogP contribution in [0.1, 0.15) is 43.9 Å². The van der Waals surface area contributed by atoms with Crippen LogP contribution in [0.4, 0.5) is 0 Å². The minimum Gasteiger partial charge on any atom is -0.484 e. The van der Waals surface area contributed by atoms with Crippen LogP contribution in [-0.4, -0.2) is 24.9 Å². The van der Waals surface area contributed by atoms with Crippen molar-refractivity contribution in [2.45, 2.75) is 51.4 Å². The number of fused-ring (bicyclic) bond motifs is 1. The summed E-state index contributed by atoms with van der Waals surface area (Å²) >= 11 is 0. The fourth-order valence-corrected chi connectivity index (χ4v) is 3.34. The first-order valence-corrected chi connectivity index (χ1v) is 7.29. The molecule has 19 heavy (non-hydrogen) atoms. The topological polar surface area (TPSA) is 30.5 Å². The lowest BCUT2D eigenvalue weighted by atomic mass is 9.82. The standard InChI is InChI=1S/C16H23NO2/c1-4-17-14-10-16(7-8-18-12(16)3)19-15-6-5-11(2)9-13(14)15/h5-6,9,12,14,17H,4,7-8,10H2,1-3H3. The number of rotatable bonds is 2. The fraction of sp³-hybridized carbons (Fsp3) is 0.625. The zero-order chi connectivity index (χ0) is 13.5. The summed E-state index contributed by atoms with van der Waals surface area (Å²) in [5.74, 6) is 1.03. The molecule has 1 N–H and O–H groups in total. The van der Waals surface area contributed by atoms with Gasteiger partial charge in [0.05, 0.1) is 12.7 Å². The van der Waals surface area contributed by atoms with Crippen LogP contribution in [0.25, 0.3) is 0 Å². The van der Waals surface area contributed by atoms with Crippen molar-refractivity contribution >= 4 is 0 Å². The van der Waals surface area contributed by atoms with Crippen molar-refractivity contribution in [3.63, 3.8) is 0 Å². The van der Waals surface area contributed by atoms with E-state index in [0.29, 0.717) is 6.04 Å². The summed E-state index contributed by atoms with van der Waals surface area (Å²) in [4.78, 5) is 0. The first-order valence-electron chi connectivity index (χ1n) is 7.29. The second-order valence-electron chi connectivity index (χ2n) is 5.79. The summed E-state index contributed by atoms with van der Waals surface area (Å²) in [7, 11) is 0. The smallest absolute Gasteiger partial charge is 0.139 e. The average molecular weight is 261 g/mol. The molecule has 1 fully saturated rings. The van der Waals surface area contributed by atoms with Crippen molar-refractivity contribution in [2.75, 3.05) is 13.2 Å². The molecule has 3 atom stereocenters. The first-order chi connectivity index (χ1) is 9.14. The van der Waals surface area contributed by atoms with Crippen molar-refractivity contribution in [3.8, 4) is 5.75 Å². The fourth-order valence-electron chi connectivity index (χ4n) is 3.34. The lowest BCUT2D eigenvalue weighted by Gasteiger charge is -2.42. The molecule has 1 saturated heterocycles. The van der Waals surface area contributed by atoms with Crippen molar-refractivity contribution in [3.05, 3.63) is 29.3 Å². The van der Waals surface area contributed by atoms with Gasteiger partial charge in [0.1, 0.15) is 11.4 Å². The molecular formula is C16H23NO2. The van der Waals surface area contributed by atoms with Gasteiger partial charge >= 0.3 is 0 Å². The van der Waals surface area contributed by atoms with Gasteiger partial charge in [-0.3, -0.25) is 0 Å². The van der Waals surface area contributed by atoms with Crippen molar-refractivity contribution in [2.24, 2.45) is 0 Å². The van der Waals surface area contributed by atoms with Gasteiger partial charge in [-0.05, 0) is 26.5 Å². The maximum Gasteiger partial charge on any atom is 0.139 e. The molecule has 0 amide bonds. The van der Waals surface area contributed by atoms with Crippen LogP contribution in [0.5, 0.6) is 5.75 Å². The maximum absolute atomic E-state index is 6.36. The van der Waals surface area contributed by atoms with E-state index in [2.05, 4.69) is 44.3 Å². The molecule has 0 saturated carbocycles. The van der Waals surface area contributed by atoms with Crippen molar-refractivity contribution in [1.82, 2.24) is 5.32 Å². The molecule has 2 aliphatic heterocycles. The second kappa shape index (κ2) is 4.80. The molecule has 2 aliphatic rings. The van der Waals surface area contributed by atoms with E-state index in [-0.39, 0.29) is 11.7 Å². The maximum atomic E-state index is 6.36. The Balaban J connectivity index is 1.99. The zero-order valence-corrected chi connectivity index (χ0v) is 12.0. The predicted octanol–water partition coefficient (Wildman–Crippen LogP) is 2.98. The van der Waals surface area contributed by atoms with E-state index >= 15 is 0 Å². The molecule has 0 aromatic heterocycles. The highest BCUT2D eigenvalue weighted by Gasteiger charge is 2.48. The van der Waals surface area contributed by atoms with Crippen LogP contribution >= 0.6 is 0 Å². The van der Waals surface area contributed by atoms with E-state index in [4.69, 9.17) is 9.47 Å². The van der Waals surface area contributed by atoms with Gasteiger partial charge in [-0.25, -0.2) is 0 Å². The molecule has 3 rings (SSSR count). The third-order valence-corrected chi connectivity index (χ3v) is 4.49. The third-order valence-electron chi connectivity index (χ3n) is 4.49. The number of benzene rings is 1. The Morgan fingerprint density at radius 2 is 2.26 bits per heavy atom. The molecule has 3 nitrogen and oxygen atoms in total. The molecule has 3 heteroatoms. The summed E-state index contributed by atoms with van der Waals surface area (Å²) in [5.41, 5.74) is 2.44. The van der Waals surface area contributed by atoms with E-state index in [1.54, 1.807) is 0 Å². The number of hydrogen-bond donors (Lipinski definition) is 1. The average Bonchev–Trinajstić information content (AvgIpc) is 2.72. The molecule has 0 aliphatic carbocycles. The van der Waals surface area contributed by atoms with Crippen LogP contribution in [-0.2, 0) is 4.74 Å². The summed E-state index contributed by atoms with van der Waals surface area (Å²) in [6, 6.07) is 6.86. The minimum atomic E-state index is -0.144. The number of ether oxygens (including phenoxy) is 2. The van der Waals surface area contributed by atoms with Crippen LogP contribution < -0.4 is 10.1 Å². The van der Waals surface area contributed by atoms with Crippen LogP contribution in [0.3, 0.4) is 0 Å². The molecule has 0 radical (unpaired) electrons. The minimum absolute atomic E-state index is 0.144. The van der Waals surface area contributed by atoms with Crippen molar-refractivity contribution in [1.29, 1.82) is 0 Å². The van der Waals surface area contributed by atoms with E-state index in [0.717, 1.165) is 31.7 Å². The Morgan fingerprint density at radius 1 is 1.42 bits per heavy atom. The van der Waals surface area contributed by atoms with E-state index in [1.807, 2.05) is 0 Å². The van der Waals surface area contributed by atoms with E-state index in [9.17, 15) is 0 Å². The molecule has 1 aromatic rings. The first kappa shape index (κ1) is 12.9. The van der Waals surface area contributed by atoms with E-state index < -0.39 is 0 Å². The summed E-state index contributed by atoms with van der Waals surface area (Å²) in [6.45, 7) is 8.21. The van der Waals surface area contributed by atoms with E-state index in [1.165, 1.54) is 11.1 Å². The summed E-state index contributed by atoms with van der Waals surface area (Å²) in [5, 5.41) is 3.60. The number of aryl methyl sites for hydroxylation is 1. The van der Waals surface area contributed by atoms with Gasteiger partial charge in [0.15, 0.2) is 0 Å². The van der Waals surface area contributed by atoms with Crippen LogP contribution in [0, 0.1) is 6.92 Å². The highest BCUT2D eigenvalue weighted by atomic mass is 16.6. The zero-order valence-electron chi connectivity index (χ0n) is 12.0. The molecule has 0 bridgehead atoms. The predicted molar refractivity (Wildman–Crippen MR) is 75.6 cm³/mol. The SMILES string of the molecule is CCNC1CC2(CCOC2C)Oc2ccc(C)cc21. The van der Waals surface area contributed by atoms with Crippen LogP contribution in [0.2, 0.25) is 0 Å². The normalized spacial score (nSPS) is 33.2. The van der Waals surface area contributed by atoms with Crippen LogP contribution in [0.15, 0.2) is 18.2 Å². The summed E-state index contributed by atoms with van der Waals surface area (Å²) < 4.78 is 12.1. The Morgan fingerprint density at radius 3 is 2.95 bits per heavy atom. The van der Waals surface area contributed by atoms with Gasteiger partial charge < -0.3 is 14.8 Å². The molecule has 3 unspecified atom stereocenters. The number of nitrogens with one attached hydrogen (secondary N) is 1. The lowest BCUT2D eigenvalue weighted by molar-refractivity contribution is -0.0306. The van der Waals surface area contributed by atoms with Gasteiger partial charge in [-0.2, -0.15) is 0 Å². The largest absolute Gasteiger partial charge is 0.484 e. The van der Waals surface area contributed by atoms with Gasteiger partial charge in [0.25, 0.3) is 0 Å². The molecule has 2 heterocycles. The molecule has 1 spiro atoms. The monoisotopic (exact) mass is 261 g/mol. The summed E-state index contributed by atoms with van der Waals surface area (Å²) in [6.07, 6.45) is 2.16. The Hall–Kier alpha value is -1.06. The lowest BCUT2D eigenvalue weighted by Crippen LogP contribution is -2.48. The molecule has 104 valence electrons. The molecule has 1 aromatic carbocycles. The van der Waals surface area contributed by atoms with Gasteiger partial charge in [0.2, 0.25) is 0 Å². The highest BCUT2D eigenvalue weighted by Crippen LogP contribution is 2.45. The highest BCUT2D eigenvalue weighted by molar-refractivity contribution is 5.42. The van der Waals surface area contributed by atoms with Gasteiger partial charge in [0, 0.05) is 24.4 Å². The molecular weight excluding hydrogens is 238 g/mol. The van der Waals surface area contributed by atoms with Gasteiger partial charge in [-0.15, -0.1) is 0 Å². The second-order valence-corrected chi connectivity index (χ2v) is 5.79. The number of hydrogen-bond acceptors (Lipinski definition) is 3. The third kappa shape index (κ3) is 2.15. The van der Waals surface area contributed by atoms with Gasteiger partial charge in [-0.1, -0.05) is 24.6 Å².